The van der Waals surface area contributed by atoms with Crippen LogP contribution in [0.4, 0.5) is 8.78 Å². The van der Waals surface area contributed by atoms with Crippen molar-refractivity contribution >= 4 is 56.1 Å². The number of alkyl halides is 2. The van der Waals surface area contributed by atoms with Crippen LogP contribution < -0.4 is 10.3 Å². The van der Waals surface area contributed by atoms with E-state index in [1.165, 1.54) is 28.3 Å². The summed E-state index contributed by atoms with van der Waals surface area (Å²) >= 11 is 7.60. The third kappa shape index (κ3) is 6.58. The molecule has 5 aromatic rings. The lowest BCUT2D eigenvalue weighted by molar-refractivity contribution is -0.0530. The van der Waals surface area contributed by atoms with Crippen LogP contribution >= 0.6 is 22.9 Å². The number of rotatable bonds is 9. The molecule has 1 N–H and O–H groups in total. The molecule has 0 spiro atoms. The Morgan fingerprint density at radius 2 is 2.02 bits per heavy atom. The van der Waals surface area contributed by atoms with Crippen LogP contribution in [0.5, 0.6) is 5.75 Å². The summed E-state index contributed by atoms with van der Waals surface area (Å²) in [6.45, 7) is 2.82. The number of nitriles is 1. The average Bonchev–Trinajstić information content (AvgIpc) is 3.49. The normalized spacial score (nSPS) is 15.0. The second-order valence-electron chi connectivity index (χ2n) is 11.0. The van der Waals surface area contributed by atoms with Crippen LogP contribution in [0.1, 0.15) is 40.3 Å². The summed E-state index contributed by atoms with van der Waals surface area (Å²) in [6.07, 6.45) is 5.98. The van der Waals surface area contributed by atoms with E-state index in [4.69, 9.17) is 16.3 Å². The zero-order valence-electron chi connectivity index (χ0n) is 25.0. The van der Waals surface area contributed by atoms with Gasteiger partial charge >= 0.3 is 5.97 Å². The second kappa shape index (κ2) is 13.2. The minimum atomic E-state index is -2.63. The molecule has 1 fully saturated rings. The first-order chi connectivity index (χ1) is 22.6. The van der Waals surface area contributed by atoms with Crippen LogP contribution in [0.15, 0.2) is 52.9 Å². The molecule has 0 aliphatic carbocycles. The number of carboxylic acids is 1. The molecular formula is C33H27ClF2N6O4S. The van der Waals surface area contributed by atoms with E-state index in [0.29, 0.717) is 50.2 Å². The Morgan fingerprint density at radius 1 is 1.23 bits per heavy atom. The largest absolute Gasteiger partial charge is 0.491 e. The van der Waals surface area contributed by atoms with Gasteiger partial charge in [0.25, 0.3) is 11.5 Å². The van der Waals surface area contributed by atoms with Crippen molar-refractivity contribution < 1.29 is 23.4 Å². The van der Waals surface area contributed by atoms with Crippen molar-refractivity contribution in [2.24, 2.45) is 0 Å². The lowest BCUT2D eigenvalue weighted by atomic mass is 10.0. The highest BCUT2D eigenvalue weighted by molar-refractivity contribution is 7.18. The minimum Gasteiger partial charge on any atom is -0.491 e. The maximum Gasteiger partial charge on any atom is 0.338 e. The number of piperidine rings is 1. The molecule has 47 heavy (non-hydrogen) atoms. The van der Waals surface area contributed by atoms with Gasteiger partial charge in [-0.05, 0) is 37.3 Å². The highest BCUT2D eigenvalue weighted by atomic mass is 35.5. The molecule has 240 valence electrons. The Morgan fingerprint density at radius 3 is 2.77 bits per heavy atom. The molecule has 4 aromatic heterocycles. The molecule has 1 aromatic carbocycles. The van der Waals surface area contributed by atoms with E-state index in [1.807, 2.05) is 4.90 Å². The first-order valence-electron chi connectivity index (χ1n) is 14.7. The third-order valence-corrected chi connectivity index (χ3v) is 9.29. The monoisotopic (exact) mass is 676 g/mol. The molecule has 0 unspecified atom stereocenters. The van der Waals surface area contributed by atoms with Crippen LogP contribution in [0.2, 0.25) is 5.02 Å². The van der Waals surface area contributed by atoms with Gasteiger partial charge in [0, 0.05) is 60.2 Å². The van der Waals surface area contributed by atoms with Crippen molar-refractivity contribution in [2.45, 2.75) is 32.2 Å². The quantitative estimate of drug-likeness (QED) is 0.188. The van der Waals surface area contributed by atoms with Crippen LogP contribution in [0.3, 0.4) is 0 Å². The number of aromatic carboxylic acids is 1. The zero-order valence-corrected chi connectivity index (χ0v) is 26.6. The number of fused-ring (bicyclic) bond motifs is 2. The lowest BCUT2D eigenvalue weighted by Gasteiger charge is -2.30. The Labute approximate surface area is 276 Å². The summed E-state index contributed by atoms with van der Waals surface area (Å²) in [5, 5.41) is 21.7. The molecule has 0 saturated carbocycles. The summed E-state index contributed by atoms with van der Waals surface area (Å²) in [5.74, 6) is -2.82. The van der Waals surface area contributed by atoms with E-state index in [2.05, 4.69) is 21.0 Å². The van der Waals surface area contributed by atoms with Crippen molar-refractivity contribution in [3.05, 3.63) is 86.1 Å². The fourth-order valence-electron chi connectivity index (χ4n) is 5.60. The van der Waals surface area contributed by atoms with E-state index >= 15 is 0 Å². The topological polar surface area (TPSA) is 134 Å². The van der Waals surface area contributed by atoms with E-state index in [-0.39, 0.29) is 61.1 Å². The van der Waals surface area contributed by atoms with Gasteiger partial charge in [-0.15, -0.1) is 11.3 Å². The number of aromatic nitrogens is 4. The Hall–Kier alpha value is -4.77. The molecule has 1 aliphatic heterocycles. The average molecular weight is 677 g/mol. The molecule has 6 rings (SSSR count). The predicted molar refractivity (Wildman–Crippen MR) is 175 cm³/mol. The Kier molecular flexibility index (Phi) is 9.01. The van der Waals surface area contributed by atoms with Crippen molar-refractivity contribution in [3.8, 4) is 22.9 Å². The number of thiophene rings is 1. The van der Waals surface area contributed by atoms with Gasteiger partial charge < -0.3 is 9.84 Å². The van der Waals surface area contributed by atoms with Gasteiger partial charge in [0.15, 0.2) is 0 Å². The van der Waals surface area contributed by atoms with Gasteiger partial charge in [-0.3, -0.25) is 24.2 Å². The summed E-state index contributed by atoms with van der Waals surface area (Å²) in [5.41, 5.74) is 2.05. The number of carbonyl (C=O) groups is 1. The molecule has 0 radical (unpaired) electrons. The fraction of sp³-hybridized carbons (Fsp3) is 0.273. The molecule has 1 saturated heterocycles. The van der Waals surface area contributed by atoms with Crippen molar-refractivity contribution in [1.82, 2.24) is 24.4 Å². The SMILES string of the molecule is Cc1nc2cnc(/C=C/CN3CCC(F)(F)CC3)c(C#N)c2c(=O)n1CCOc1ccc(Cl)cc1-c1ccnc2c(C(=O)O)csc12. The van der Waals surface area contributed by atoms with Crippen LogP contribution in [0.25, 0.3) is 38.3 Å². The summed E-state index contributed by atoms with van der Waals surface area (Å²) in [7, 11) is 0. The van der Waals surface area contributed by atoms with Crippen molar-refractivity contribution in [3.63, 3.8) is 0 Å². The van der Waals surface area contributed by atoms with Crippen molar-refractivity contribution in [1.29, 1.82) is 5.26 Å². The van der Waals surface area contributed by atoms with E-state index in [9.17, 15) is 28.7 Å². The van der Waals surface area contributed by atoms with Gasteiger partial charge in [-0.2, -0.15) is 5.26 Å². The van der Waals surface area contributed by atoms with Gasteiger partial charge in [0.05, 0.1) is 50.7 Å². The van der Waals surface area contributed by atoms with E-state index < -0.39 is 17.5 Å². The number of benzene rings is 1. The standard InChI is InChI=1S/C33H27ClF2N6O4S/c1-19-40-26-17-39-25(3-2-10-41-11-7-33(35,36)8-12-41)23(16-37)28(26)31(43)42(19)13-14-46-27-5-4-20(34)15-22(27)21-6-9-38-29-24(32(44)45)18-47-30(21)29/h2-6,9,15,17-18H,7-8,10-14H2,1H3,(H,44,45)/b3-2+. The fourth-order valence-corrected chi connectivity index (χ4v) is 6.79. The first kappa shape index (κ1) is 32.2. The number of halogens is 3. The number of hydrogen-bond donors (Lipinski definition) is 1. The van der Waals surface area contributed by atoms with E-state index in [1.54, 1.807) is 48.7 Å². The molecule has 5 heterocycles. The first-order valence-corrected chi connectivity index (χ1v) is 15.9. The highest BCUT2D eigenvalue weighted by Crippen LogP contribution is 2.39. The van der Waals surface area contributed by atoms with E-state index in [0.717, 1.165) is 0 Å². The Bertz CT molecular complexity index is 2150. The Balaban J connectivity index is 1.25. The molecule has 0 atom stereocenters. The smallest absolute Gasteiger partial charge is 0.338 e. The molecular weight excluding hydrogens is 650 g/mol. The number of pyridine rings is 2. The lowest BCUT2D eigenvalue weighted by Crippen LogP contribution is -2.39. The number of likely N-dealkylation sites (tertiary alicyclic amines) is 1. The minimum absolute atomic E-state index is 0.0657. The number of carboxylic acid groups (broad SMARTS) is 1. The number of hydrogen-bond acceptors (Lipinski definition) is 9. The summed E-state index contributed by atoms with van der Waals surface area (Å²) in [4.78, 5) is 40.5. The summed E-state index contributed by atoms with van der Waals surface area (Å²) < 4.78 is 35.2. The summed E-state index contributed by atoms with van der Waals surface area (Å²) in [6, 6.07) is 8.96. The maximum atomic E-state index is 13.8. The van der Waals surface area contributed by atoms with Crippen LogP contribution in [-0.4, -0.2) is 67.7 Å². The number of nitrogens with zero attached hydrogens (tertiary/aromatic N) is 6. The second-order valence-corrected chi connectivity index (χ2v) is 12.4. The van der Waals surface area contributed by atoms with Gasteiger partial charge in [-0.1, -0.05) is 17.7 Å². The van der Waals surface area contributed by atoms with Gasteiger partial charge in [0.2, 0.25) is 0 Å². The van der Waals surface area contributed by atoms with Crippen molar-refractivity contribution in [2.75, 3.05) is 26.2 Å². The molecule has 10 nitrogen and oxygen atoms in total. The molecule has 0 bridgehead atoms. The number of aryl methyl sites for hydroxylation is 1. The van der Waals surface area contributed by atoms with Gasteiger partial charge in [0.1, 0.15) is 24.3 Å². The van der Waals surface area contributed by atoms with Crippen LogP contribution in [-0.2, 0) is 6.54 Å². The number of ether oxygens (including phenoxy) is 1. The van der Waals surface area contributed by atoms with Crippen LogP contribution in [0, 0.1) is 18.3 Å². The van der Waals surface area contributed by atoms with Gasteiger partial charge in [-0.25, -0.2) is 18.6 Å². The zero-order chi connectivity index (χ0) is 33.3. The third-order valence-electron chi connectivity index (χ3n) is 8.05. The maximum absolute atomic E-state index is 13.8. The highest BCUT2D eigenvalue weighted by Gasteiger charge is 2.33. The molecule has 14 heteroatoms. The predicted octanol–water partition coefficient (Wildman–Crippen LogP) is 6.42. The molecule has 0 amide bonds. The molecule has 1 aliphatic rings.